The molecule has 2 heterocycles. The molecule has 0 aliphatic carbocycles. The fourth-order valence-corrected chi connectivity index (χ4v) is 2.84. The third-order valence-electron chi connectivity index (χ3n) is 4.24. The van der Waals surface area contributed by atoms with Gasteiger partial charge >= 0.3 is 0 Å². The van der Waals surface area contributed by atoms with Gasteiger partial charge in [0.05, 0.1) is 12.1 Å². The minimum Gasteiger partial charge on any atom is -0.392 e. The third-order valence-corrected chi connectivity index (χ3v) is 4.24. The van der Waals surface area contributed by atoms with Gasteiger partial charge in [0, 0.05) is 24.0 Å². The van der Waals surface area contributed by atoms with Gasteiger partial charge in [-0.05, 0) is 24.0 Å². The van der Waals surface area contributed by atoms with Crippen LogP contribution in [-0.4, -0.2) is 23.2 Å². The van der Waals surface area contributed by atoms with Crippen LogP contribution >= 0.6 is 0 Å². The molecule has 3 rings (SSSR count). The van der Waals surface area contributed by atoms with Gasteiger partial charge in [-0.15, -0.1) is 0 Å². The minimum absolute atomic E-state index is 0.0480. The Morgan fingerprint density at radius 1 is 1.21 bits per heavy atom. The zero-order valence-corrected chi connectivity index (χ0v) is 11.5. The summed E-state index contributed by atoms with van der Waals surface area (Å²) in [5, 5.41) is 10.7. The monoisotopic (exact) mass is 256 g/mol. The van der Waals surface area contributed by atoms with Gasteiger partial charge in [-0.1, -0.05) is 32.0 Å². The van der Waals surface area contributed by atoms with E-state index in [9.17, 15) is 5.11 Å². The van der Waals surface area contributed by atoms with E-state index in [1.54, 1.807) is 0 Å². The predicted octanol–water partition coefficient (Wildman–Crippen LogP) is 2.82. The number of hydrogen-bond acceptors (Lipinski definition) is 3. The highest BCUT2D eigenvalue weighted by atomic mass is 16.3. The number of pyridine rings is 1. The maximum Gasteiger partial charge on any atom is 0.134 e. The molecule has 0 amide bonds. The van der Waals surface area contributed by atoms with Gasteiger partial charge in [0.15, 0.2) is 0 Å². The number of benzene rings is 1. The van der Waals surface area contributed by atoms with E-state index < -0.39 is 0 Å². The van der Waals surface area contributed by atoms with E-state index in [1.807, 2.05) is 24.3 Å². The third kappa shape index (κ3) is 2.19. The maximum atomic E-state index is 9.60. The lowest BCUT2D eigenvalue weighted by atomic mass is 10.0. The second-order valence-corrected chi connectivity index (χ2v) is 5.68. The predicted molar refractivity (Wildman–Crippen MR) is 78.2 cm³/mol. The van der Waals surface area contributed by atoms with Crippen LogP contribution in [0, 0.1) is 11.8 Å². The number of rotatable bonds is 2. The Morgan fingerprint density at radius 2 is 1.89 bits per heavy atom. The standard InChI is InChI=1S/C16H20N2O/c1-11-8-18(9-12(11)2)16-14(10-19)7-13-5-3-4-6-15(13)17-16/h3-7,11-12,19H,8-10H2,1-2H3. The summed E-state index contributed by atoms with van der Waals surface area (Å²) in [6.07, 6.45) is 0. The number of fused-ring (bicyclic) bond motifs is 1. The molecule has 0 bridgehead atoms. The Hall–Kier alpha value is -1.61. The number of anilines is 1. The molecular formula is C16H20N2O. The van der Waals surface area contributed by atoms with Crippen LogP contribution in [0.4, 0.5) is 5.82 Å². The van der Waals surface area contributed by atoms with E-state index in [0.29, 0.717) is 11.8 Å². The molecule has 1 aliphatic heterocycles. The van der Waals surface area contributed by atoms with Crippen molar-refractivity contribution < 1.29 is 5.11 Å². The van der Waals surface area contributed by atoms with Crippen LogP contribution in [0.2, 0.25) is 0 Å². The van der Waals surface area contributed by atoms with Crippen molar-refractivity contribution in [3.8, 4) is 0 Å². The van der Waals surface area contributed by atoms with Crippen LogP contribution in [0.5, 0.6) is 0 Å². The van der Waals surface area contributed by atoms with Crippen molar-refractivity contribution in [2.75, 3.05) is 18.0 Å². The Balaban J connectivity index is 2.07. The van der Waals surface area contributed by atoms with Gasteiger partial charge in [0.1, 0.15) is 5.82 Å². The molecule has 2 atom stereocenters. The number of hydrogen-bond donors (Lipinski definition) is 1. The number of aliphatic hydroxyl groups is 1. The molecule has 1 aromatic heterocycles. The quantitative estimate of drug-likeness (QED) is 0.897. The summed E-state index contributed by atoms with van der Waals surface area (Å²) in [5.74, 6) is 2.32. The topological polar surface area (TPSA) is 36.4 Å². The zero-order valence-electron chi connectivity index (χ0n) is 11.5. The van der Waals surface area contributed by atoms with Gasteiger partial charge in [-0.2, -0.15) is 0 Å². The highest BCUT2D eigenvalue weighted by molar-refractivity contribution is 5.81. The molecule has 0 spiro atoms. The van der Waals surface area contributed by atoms with Crippen LogP contribution in [0.15, 0.2) is 30.3 Å². The summed E-state index contributed by atoms with van der Waals surface area (Å²) in [6, 6.07) is 10.1. The molecule has 1 aliphatic rings. The summed E-state index contributed by atoms with van der Waals surface area (Å²) in [4.78, 5) is 7.08. The molecule has 1 aromatic carbocycles. The van der Waals surface area contributed by atoms with Crippen LogP contribution in [0.3, 0.4) is 0 Å². The molecule has 1 N–H and O–H groups in total. The molecule has 2 aromatic rings. The molecule has 2 unspecified atom stereocenters. The smallest absolute Gasteiger partial charge is 0.134 e. The number of nitrogens with zero attached hydrogens (tertiary/aromatic N) is 2. The lowest BCUT2D eigenvalue weighted by molar-refractivity contribution is 0.282. The van der Waals surface area contributed by atoms with E-state index >= 15 is 0 Å². The summed E-state index contributed by atoms with van der Waals surface area (Å²) in [7, 11) is 0. The Bertz CT molecular complexity index is 586. The van der Waals surface area contributed by atoms with Crippen molar-refractivity contribution in [2.24, 2.45) is 11.8 Å². The van der Waals surface area contributed by atoms with Crippen molar-refractivity contribution in [1.29, 1.82) is 0 Å². The van der Waals surface area contributed by atoms with E-state index in [2.05, 4.69) is 24.8 Å². The summed E-state index contributed by atoms with van der Waals surface area (Å²) in [5.41, 5.74) is 1.93. The average molecular weight is 256 g/mol. The fourth-order valence-electron chi connectivity index (χ4n) is 2.84. The highest BCUT2D eigenvalue weighted by Gasteiger charge is 2.28. The second kappa shape index (κ2) is 4.82. The van der Waals surface area contributed by atoms with Gasteiger partial charge in [-0.3, -0.25) is 0 Å². The number of aromatic nitrogens is 1. The molecule has 19 heavy (non-hydrogen) atoms. The van der Waals surface area contributed by atoms with Crippen molar-refractivity contribution in [3.05, 3.63) is 35.9 Å². The number of para-hydroxylation sites is 1. The SMILES string of the molecule is CC1CN(c2nc3ccccc3cc2CO)CC1C. The Morgan fingerprint density at radius 3 is 2.58 bits per heavy atom. The molecule has 3 heteroatoms. The zero-order chi connectivity index (χ0) is 13.4. The van der Waals surface area contributed by atoms with E-state index in [4.69, 9.17) is 4.98 Å². The second-order valence-electron chi connectivity index (χ2n) is 5.68. The first kappa shape index (κ1) is 12.4. The molecule has 1 fully saturated rings. The Labute approximate surface area is 113 Å². The normalized spacial score (nSPS) is 23.2. The van der Waals surface area contributed by atoms with E-state index in [1.165, 1.54) is 0 Å². The van der Waals surface area contributed by atoms with Crippen LogP contribution in [-0.2, 0) is 6.61 Å². The molecule has 3 nitrogen and oxygen atoms in total. The lowest BCUT2D eigenvalue weighted by Gasteiger charge is -2.20. The lowest BCUT2D eigenvalue weighted by Crippen LogP contribution is -2.22. The first-order valence-electron chi connectivity index (χ1n) is 6.93. The summed E-state index contributed by atoms with van der Waals surface area (Å²) < 4.78 is 0. The maximum absolute atomic E-state index is 9.60. The average Bonchev–Trinajstić information content (AvgIpc) is 2.77. The summed E-state index contributed by atoms with van der Waals surface area (Å²) in [6.45, 7) is 6.67. The first-order valence-corrected chi connectivity index (χ1v) is 6.93. The van der Waals surface area contributed by atoms with E-state index in [0.717, 1.165) is 35.4 Å². The molecule has 100 valence electrons. The van der Waals surface area contributed by atoms with E-state index in [-0.39, 0.29) is 6.61 Å². The van der Waals surface area contributed by atoms with Gasteiger partial charge < -0.3 is 10.0 Å². The largest absolute Gasteiger partial charge is 0.392 e. The van der Waals surface area contributed by atoms with Crippen molar-refractivity contribution >= 4 is 16.7 Å². The van der Waals surface area contributed by atoms with Crippen LogP contribution < -0.4 is 4.90 Å². The Kier molecular flexibility index (Phi) is 3.15. The van der Waals surface area contributed by atoms with Crippen LogP contribution in [0.1, 0.15) is 19.4 Å². The molecule has 1 saturated heterocycles. The van der Waals surface area contributed by atoms with Gasteiger partial charge in [0.25, 0.3) is 0 Å². The molecule has 0 radical (unpaired) electrons. The summed E-state index contributed by atoms with van der Waals surface area (Å²) >= 11 is 0. The van der Waals surface area contributed by atoms with Crippen molar-refractivity contribution in [2.45, 2.75) is 20.5 Å². The molecular weight excluding hydrogens is 236 g/mol. The van der Waals surface area contributed by atoms with Crippen molar-refractivity contribution in [3.63, 3.8) is 0 Å². The van der Waals surface area contributed by atoms with Gasteiger partial charge in [-0.25, -0.2) is 4.98 Å². The highest BCUT2D eigenvalue weighted by Crippen LogP contribution is 2.30. The van der Waals surface area contributed by atoms with Crippen molar-refractivity contribution in [1.82, 2.24) is 4.98 Å². The number of aliphatic hydroxyl groups excluding tert-OH is 1. The fraction of sp³-hybridized carbons (Fsp3) is 0.438. The minimum atomic E-state index is 0.0480. The van der Waals surface area contributed by atoms with Gasteiger partial charge in [0.2, 0.25) is 0 Å². The molecule has 0 saturated carbocycles. The first-order chi connectivity index (χ1) is 9.19. The van der Waals surface area contributed by atoms with Crippen LogP contribution in [0.25, 0.3) is 10.9 Å².